The van der Waals surface area contributed by atoms with Crippen molar-refractivity contribution in [2.24, 2.45) is 0 Å². The van der Waals surface area contributed by atoms with Gasteiger partial charge in [-0.3, -0.25) is 9.59 Å². The predicted octanol–water partition coefficient (Wildman–Crippen LogP) is 1.79. The van der Waals surface area contributed by atoms with E-state index in [-0.39, 0.29) is 18.2 Å². The molecule has 92 valence electrons. The van der Waals surface area contributed by atoms with Gasteiger partial charge in [-0.2, -0.15) is 0 Å². The SMILES string of the molecule is CCCC(=O)CNC(=O)c1ccc(OC)cc1. The van der Waals surface area contributed by atoms with Gasteiger partial charge in [0.15, 0.2) is 5.78 Å². The number of amides is 1. The Kier molecular flexibility index (Phi) is 5.20. The van der Waals surface area contributed by atoms with Crippen LogP contribution in [0.3, 0.4) is 0 Å². The van der Waals surface area contributed by atoms with Crippen molar-refractivity contribution in [3.8, 4) is 5.75 Å². The fourth-order valence-corrected chi connectivity index (χ4v) is 1.39. The number of benzene rings is 1. The molecule has 0 unspecified atom stereocenters. The van der Waals surface area contributed by atoms with E-state index < -0.39 is 0 Å². The molecule has 4 heteroatoms. The summed E-state index contributed by atoms with van der Waals surface area (Å²) >= 11 is 0. The Morgan fingerprint density at radius 3 is 2.41 bits per heavy atom. The Hall–Kier alpha value is -1.84. The average Bonchev–Trinajstić information content (AvgIpc) is 2.36. The van der Waals surface area contributed by atoms with Crippen molar-refractivity contribution in [2.45, 2.75) is 19.8 Å². The molecule has 4 nitrogen and oxygen atoms in total. The molecule has 0 atom stereocenters. The fourth-order valence-electron chi connectivity index (χ4n) is 1.39. The van der Waals surface area contributed by atoms with E-state index in [1.807, 2.05) is 6.92 Å². The van der Waals surface area contributed by atoms with Gasteiger partial charge in [0.25, 0.3) is 5.91 Å². The van der Waals surface area contributed by atoms with Gasteiger partial charge in [-0.05, 0) is 30.7 Å². The van der Waals surface area contributed by atoms with Crippen molar-refractivity contribution in [1.29, 1.82) is 0 Å². The number of hydrogen-bond acceptors (Lipinski definition) is 3. The zero-order valence-electron chi connectivity index (χ0n) is 10.2. The fraction of sp³-hybridized carbons (Fsp3) is 0.385. The second-order valence-corrected chi connectivity index (χ2v) is 3.70. The van der Waals surface area contributed by atoms with Crippen LogP contribution < -0.4 is 10.1 Å². The summed E-state index contributed by atoms with van der Waals surface area (Å²) in [5.41, 5.74) is 0.523. The highest BCUT2D eigenvalue weighted by Crippen LogP contribution is 2.10. The number of ether oxygens (including phenoxy) is 1. The summed E-state index contributed by atoms with van der Waals surface area (Å²) in [4.78, 5) is 22.9. The number of methoxy groups -OCH3 is 1. The van der Waals surface area contributed by atoms with Gasteiger partial charge in [-0.25, -0.2) is 0 Å². The molecule has 0 fully saturated rings. The first kappa shape index (κ1) is 13.2. The molecule has 17 heavy (non-hydrogen) atoms. The van der Waals surface area contributed by atoms with Gasteiger partial charge in [0.1, 0.15) is 5.75 Å². The van der Waals surface area contributed by atoms with E-state index in [0.29, 0.717) is 17.7 Å². The average molecular weight is 235 g/mol. The van der Waals surface area contributed by atoms with E-state index in [0.717, 1.165) is 6.42 Å². The molecule has 0 aliphatic rings. The maximum absolute atomic E-state index is 11.6. The lowest BCUT2D eigenvalue weighted by Crippen LogP contribution is -2.29. The van der Waals surface area contributed by atoms with Crippen LogP contribution in [0.15, 0.2) is 24.3 Å². The smallest absolute Gasteiger partial charge is 0.251 e. The van der Waals surface area contributed by atoms with Crippen LogP contribution >= 0.6 is 0 Å². The summed E-state index contributed by atoms with van der Waals surface area (Å²) in [5, 5.41) is 2.59. The first-order valence-corrected chi connectivity index (χ1v) is 5.61. The van der Waals surface area contributed by atoms with Crippen molar-refractivity contribution in [3.63, 3.8) is 0 Å². The summed E-state index contributed by atoms with van der Waals surface area (Å²) in [6, 6.07) is 6.75. The Bertz CT molecular complexity index is 384. The van der Waals surface area contributed by atoms with E-state index in [2.05, 4.69) is 5.32 Å². The maximum Gasteiger partial charge on any atom is 0.251 e. The molecular weight excluding hydrogens is 218 g/mol. The van der Waals surface area contributed by atoms with Gasteiger partial charge >= 0.3 is 0 Å². The third kappa shape index (κ3) is 4.26. The molecule has 0 aromatic heterocycles. The summed E-state index contributed by atoms with van der Waals surface area (Å²) < 4.78 is 4.99. The lowest BCUT2D eigenvalue weighted by atomic mass is 10.2. The highest BCUT2D eigenvalue weighted by molar-refractivity contribution is 5.96. The van der Waals surface area contributed by atoms with Crippen molar-refractivity contribution < 1.29 is 14.3 Å². The first-order valence-electron chi connectivity index (χ1n) is 5.61. The third-order valence-electron chi connectivity index (χ3n) is 2.33. The number of carbonyl (C=O) groups is 2. The summed E-state index contributed by atoms with van der Waals surface area (Å²) in [6.45, 7) is 2.03. The molecule has 0 bridgehead atoms. The van der Waals surface area contributed by atoms with E-state index in [1.54, 1.807) is 31.4 Å². The minimum absolute atomic E-state index is 0.0503. The first-order chi connectivity index (χ1) is 8.17. The van der Waals surface area contributed by atoms with E-state index in [9.17, 15) is 9.59 Å². The van der Waals surface area contributed by atoms with Crippen LogP contribution in [0.2, 0.25) is 0 Å². The van der Waals surface area contributed by atoms with E-state index in [1.165, 1.54) is 0 Å². The predicted molar refractivity (Wildman–Crippen MR) is 65.2 cm³/mol. The number of Topliss-reactive ketones (excluding diaryl/α,β-unsaturated/α-hetero) is 1. The van der Waals surface area contributed by atoms with Crippen LogP contribution in [0.1, 0.15) is 30.1 Å². The Morgan fingerprint density at radius 2 is 1.88 bits per heavy atom. The van der Waals surface area contributed by atoms with Gasteiger partial charge in [0.2, 0.25) is 0 Å². The third-order valence-corrected chi connectivity index (χ3v) is 2.33. The zero-order chi connectivity index (χ0) is 12.7. The van der Waals surface area contributed by atoms with Crippen LogP contribution in [0, 0.1) is 0 Å². The number of nitrogens with one attached hydrogen (secondary N) is 1. The molecule has 1 N–H and O–H groups in total. The molecular formula is C13H17NO3. The summed E-state index contributed by atoms with van der Waals surface area (Å²) in [5.74, 6) is 0.509. The molecule has 0 heterocycles. The number of hydrogen-bond donors (Lipinski definition) is 1. The van der Waals surface area contributed by atoms with Gasteiger partial charge in [0, 0.05) is 12.0 Å². The molecule has 0 saturated carbocycles. The number of carbonyl (C=O) groups excluding carboxylic acids is 2. The normalized spacial score (nSPS) is 9.76. The molecule has 1 aromatic carbocycles. The van der Waals surface area contributed by atoms with Crippen LogP contribution in [-0.2, 0) is 4.79 Å². The summed E-state index contributed by atoms with van der Waals surface area (Å²) in [6.07, 6.45) is 1.31. The molecule has 0 radical (unpaired) electrons. The maximum atomic E-state index is 11.6. The van der Waals surface area contributed by atoms with Gasteiger partial charge < -0.3 is 10.1 Å². The topological polar surface area (TPSA) is 55.4 Å². The van der Waals surface area contributed by atoms with Gasteiger partial charge in [-0.1, -0.05) is 6.92 Å². The Morgan fingerprint density at radius 1 is 1.24 bits per heavy atom. The number of ketones is 1. The minimum Gasteiger partial charge on any atom is -0.497 e. The highest BCUT2D eigenvalue weighted by atomic mass is 16.5. The van der Waals surface area contributed by atoms with Gasteiger partial charge in [-0.15, -0.1) is 0 Å². The molecule has 0 aliphatic carbocycles. The molecule has 1 rings (SSSR count). The Labute approximate surface area is 101 Å². The molecule has 1 amide bonds. The second-order valence-electron chi connectivity index (χ2n) is 3.70. The lowest BCUT2D eigenvalue weighted by Gasteiger charge is -2.05. The lowest BCUT2D eigenvalue weighted by molar-refractivity contribution is -0.118. The minimum atomic E-state index is -0.239. The van der Waals surface area contributed by atoms with Crippen molar-refractivity contribution in [2.75, 3.05) is 13.7 Å². The van der Waals surface area contributed by atoms with Crippen LogP contribution in [0.4, 0.5) is 0 Å². The zero-order valence-corrected chi connectivity index (χ0v) is 10.2. The molecule has 0 spiro atoms. The Balaban J connectivity index is 2.49. The van der Waals surface area contributed by atoms with Crippen LogP contribution in [0.25, 0.3) is 0 Å². The standard InChI is InChI=1S/C13H17NO3/c1-3-4-11(15)9-14-13(16)10-5-7-12(17-2)8-6-10/h5-8H,3-4,9H2,1-2H3,(H,14,16). The largest absolute Gasteiger partial charge is 0.497 e. The van der Waals surface area contributed by atoms with Crippen LogP contribution in [0.5, 0.6) is 5.75 Å². The van der Waals surface area contributed by atoms with Crippen LogP contribution in [-0.4, -0.2) is 25.3 Å². The molecule has 0 saturated heterocycles. The second kappa shape index (κ2) is 6.68. The van der Waals surface area contributed by atoms with Gasteiger partial charge in [0.05, 0.1) is 13.7 Å². The van der Waals surface area contributed by atoms with Crippen molar-refractivity contribution in [1.82, 2.24) is 5.32 Å². The molecule has 1 aromatic rings. The van der Waals surface area contributed by atoms with Crippen molar-refractivity contribution in [3.05, 3.63) is 29.8 Å². The number of rotatable bonds is 6. The van der Waals surface area contributed by atoms with E-state index >= 15 is 0 Å². The highest BCUT2D eigenvalue weighted by Gasteiger charge is 2.07. The monoisotopic (exact) mass is 235 g/mol. The van der Waals surface area contributed by atoms with Crippen molar-refractivity contribution >= 4 is 11.7 Å². The van der Waals surface area contributed by atoms with E-state index in [4.69, 9.17) is 4.74 Å². The summed E-state index contributed by atoms with van der Waals surface area (Å²) in [7, 11) is 1.57. The quantitative estimate of drug-likeness (QED) is 0.818. The molecule has 0 aliphatic heterocycles.